The molecule has 1 N–H and O–H groups in total. The molecule has 4 rings (SSSR count). The molecule has 0 atom stereocenters. The zero-order valence-corrected chi connectivity index (χ0v) is 13.5. The predicted molar refractivity (Wildman–Crippen MR) is 91.7 cm³/mol. The van der Waals surface area contributed by atoms with Crippen LogP contribution in [0, 0.1) is 11.3 Å². The maximum absolute atomic E-state index is 11.2. The Balaban J connectivity index is 1.78. The highest BCUT2D eigenvalue weighted by Gasteiger charge is 2.16. The van der Waals surface area contributed by atoms with Crippen molar-refractivity contribution < 1.29 is 19.4 Å². The molecule has 3 aromatic rings. The minimum atomic E-state index is -1.03. The van der Waals surface area contributed by atoms with Gasteiger partial charge in [0, 0.05) is 24.2 Å². The van der Waals surface area contributed by atoms with Crippen LogP contribution < -0.4 is 9.47 Å². The van der Waals surface area contributed by atoms with Crippen LogP contribution in [0.4, 0.5) is 0 Å². The van der Waals surface area contributed by atoms with E-state index in [0.717, 1.165) is 5.56 Å². The van der Waals surface area contributed by atoms with E-state index in [-0.39, 0.29) is 5.56 Å². The van der Waals surface area contributed by atoms with Gasteiger partial charge in [-0.05, 0) is 29.8 Å². The molecule has 0 saturated carbocycles. The lowest BCUT2D eigenvalue weighted by Crippen LogP contribution is -2.15. The second kappa shape index (κ2) is 6.26. The highest BCUT2D eigenvalue weighted by molar-refractivity contribution is 5.88. The van der Waals surface area contributed by atoms with Gasteiger partial charge in [-0.25, -0.2) is 9.78 Å². The summed E-state index contributed by atoms with van der Waals surface area (Å²) in [5, 5.41) is 18.6. The minimum absolute atomic E-state index is 0.128. The number of carbonyl (C=O) groups is 1. The van der Waals surface area contributed by atoms with Crippen molar-refractivity contribution in [2.75, 3.05) is 13.2 Å². The van der Waals surface area contributed by atoms with Gasteiger partial charge in [-0.2, -0.15) is 5.26 Å². The second-order valence-corrected chi connectivity index (χ2v) is 5.67. The molecule has 128 valence electrons. The number of hydrogen-bond donors (Lipinski definition) is 1. The molecule has 0 unspecified atom stereocenters. The van der Waals surface area contributed by atoms with E-state index in [0.29, 0.717) is 41.7 Å². The topological polar surface area (TPSA) is 97.4 Å². The van der Waals surface area contributed by atoms with Gasteiger partial charge in [-0.1, -0.05) is 6.07 Å². The summed E-state index contributed by atoms with van der Waals surface area (Å²) in [6.07, 6.45) is 4.80. The number of carboxylic acids is 1. The van der Waals surface area contributed by atoms with Crippen LogP contribution in [0.5, 0.6) is 11.5 Å². The van der Waals surface area contributed by atoms with Crippen LogP contribution in [-0.4, -0.2) is 33.8 Å². The van der Waals surface area contributed by atoms with Gasteiger partial charge in [0.2, 0.25) is 0 Å². The van der Waals surface area contributed by atoms with Gasteiger partial charge in [-0.3, -0.25) is 0 Å². The Hall–Kier alpha value is -3.79. The summed E-state index contributed by atoms with van der Waals surface area (Å²) in [5.41, 5.74) is 2.08. The quantitative estimate of drug-likeness (QED) is 0.782. The fraction of sp³-hybridized carbons (Fsp3) is 0.105. The van der Waals surface area contributed by atoms with E-state index >= 15 is 0 Å². The fourth-order valence-corrected chi connectivity index (χ4v) is 2.81. The molecule has 0 amide bonds. The first-order chi connectivity index (χ1) is 12.7. The molecule has 0 saturated heterocycles. The van der Waals surface area contributed by atoms with E-state index in [1.54, 1.807) is 17.0 Å². The molecule has 2 aromatic heterocycles. The Morgan fingerprint density at radius 3 is 2.73 bits per heavy atom. The van der Waals surface area contributed by atoms with Gasteiger partial charge in [0.05, 0.1) is 11.1 Å². The zero-order chi connectivity index (χ0) is 18.1. The third-order valence-electron chi connectivity index (χ3n) is 4.06. The SMILES string of the molecule is N#Cc1cn(-c2cc(C(=O)O)ccn2)cc1-c1ccc2c(c1)OCCO2. The number of aromatic carboxylic acids is 1. The molecule has 7 nitrogen and oxygen atoms in total. The van der Waals surface area contributed by atoms with Crippen LogP contribution >= 0.6 is 0 Å². The van der Waals surface area contributed by atoms with E-state index < -0.39 is 5.97 Å². The average Bonchev–Trinajstić information content (AvgIpc) is 3.12. The maximum atomic E-state index is 11.2. The lowest BCUT2D eigenvalue weighted by Gasteiger charge is -2.18. The third-order valence-corrected chi connectivity index (χ3v) is 4.06. The van der Waals surface area contributed by atoms with Crippen LogP contribution in [0.3, 0.4) is 0 Å². The second-order valence-electron chi connectivity index (χ2n) is 5.67. The molecule has 1 aromatic carbocycles. The molecule has 0 spiro atoms. The predicted octanol–water partition coefficient (Wildman–Crippen LogP) is 2.88. The standard InChI is InChI=1S/C19H13N3O4/c20-9-14-10-22(18-8-13(19(23)24)3-4-21-18)11-15(14)12-1-2-16-17(7-12)26-6-5-25-16/h1-4,7-8,10-11H,5-6H2,(H,23,24). The van der Waals surface area contributed by atoms with E-state index in [4.69, 9.17) is 14.6 Å². The van der Waals surface area contributed by atoms with Crippen LogP contribution in [0.2, 0.25) is 0 Å². The molecule has 1 aliphatic rings. The first-order valence-corrected chi connectivity index (χ1v) is 7.87. The largest absolute Gasteiger partial charge is 0.486 e. The monoisotopic (exact) mass is 347 g/mol. The van der Waals surface area contributed by atoms with E-state index in [1.165, 1.54) is 18.3 Å². The Morgan fingerprint density at radius 2 is 1.96 bits per heavy atom. The summed E-state index contributed by atoms with van der Waals surface area (Å²) in [4.78, 5) is 15.3. The highest BCUT2D eigenvalue weighted by Crippen LogP contribution is 2.36. The lowest BCUT2D eigenvalue weighted by atomic mass is 10.0. The van der Waals surface area contributed by atoms with Crippen molar-refractivity contribution in [2.24, 2.45) is 0 Å². The number of rotatable bonds is 3. The van der Waals surface area contributed by atoms with Gasteiger partial charge in [0.1, 0.15) is 25.1 Å². The van der Waals surface area contributed by atoms with E-state index in [9.17, 15) is 10.1 Å². The first kappa shape index (κ1) is 15.7. The number of fused-ring (bicyclic) bond motifs is 1. The molecule has 26 heavy (non-hydrogen) atoms. The number of benzene rings is 1. The number of carboxylic acid groups (broad SMARTS) is 1. The van der Waals surface area contributed by atoms with Gasteiger partial charge in [0.15, 0.2) is 11.5 Å². The Morgan fingerprint density at radius 1 is 1.15 bits per heavy atom. The first-order valence-electron chi connectivity index (χ1n) is 7.87. The van der Waals surface area contributed by atoms with Crippen molar-refractivity contribution in [1.29, 1.82) is 5.26 Å². The highest BCUT2D eigenvalue weighted by atomic mass is 16.6. The normalized spacial score (nSPS) is 12.4. The zero-order valence-electron chi connectivity index (χ0n) is 13.5. The van der Waals surface area contributed by atoms with Crippen molar-refractivity contribution in [3.05, 3.63) is 60.0 Å². The molecule has 0 fully saturated rings. The molecule has 7 heteroatoms. The summed E-state index contributed by atoms with van der Waals surface area (Å²) < 4.78 is 12.8. The van der Waals surface area contributed by atoms with Crippen molar-refractivity contribution in [2.45, 2.75) is 0 Å². The van der Waals surface area contributed by atoms with Gasteiger partial charge in [0.25, 0.3) is 0 Å². The number of ether oxygens (including phenoxy) is 2. The number of nitrogens with zero attached hydrogens (tertiary/aromatic N) is 3. The minimum Gasteiger partial charge on any atom is -0.486 e. The van der Waals surface area contributed by atoms with E-state index in [1.807, 2.05) is 18.2 Å². The molecule has 0 radical (unpaired) electrons. The van der Waals surface area contributed by atoms with Gasteiger partial charge in [-0.15, -0.1) is 0 Å². The fourth-order valence-electron chi connectivity index (χ4n) is 2.81. The van der Waals surface area contributed by atoms with Crippen LogP contribution in [-0.2, 0) is 0 Å². The Kier molecular flexibility index (Phi) is 3.78. The van der Waals surface area contributed by atoms with Crippen LogP contribution in [0.1, 0.15) is 15.9 Å². The third kappa shape index (κ3) is 2.74. The lowest BCUT2D eigenvalue weighted by molar-refractivity contribution is 0.0696. The van der Waals surface area contributed by atoms with Crippen molar-refractivity contribution in [3.63, 3.8) is 0 Å². The summed E-state index contributed by atoms with van der Waals surface area (Å²) in [7, 11) is 0. The van der Waals surface area contributed by atoms with Gasteiger partial charge >= 0.3 is 5.97 Å². The van der Waals surface area contributed by atoms with Crippen molar-refractivity contribution in [3.8, 4) is 34.5 Å². The number of hydrogen-bond acceptors (Lipinski definition) is 5. The average molecular weight is 347 g/mol. The maximum Gasteiger partial charge on any atom is 0.335 e. The summed E-state index contributed by atoms with van der Waals surface area (Å²) in [5.74, 6) is 0.698. The number of aromatic nitrogens is 2. The molecule has 1 aliphatic heterocycles. The summed E-state index contributed by atoms with van der Waals surface area (Å²) >= 11 is 0. The number of nitriles is 1. The van der Waals surface area contributed by atoms with E-state index in [2.05, 4.69) is 11.1 Å². The molecule has 3 heterocycles. The molecular formula is C19H13N3O4. The summed E-state index contributed by atoms with van der Waals surface area (Å²) in [6, 6.07) is 10.5. The number of pyridine rings is 1. The smallest absolute Gasteiger partial charge is 0.335 e. The van der Waals surface area contributed by atoms with Gasteiger partial charge < -0.3 is 19.1 Å². The Bertz CT molecular complexity index is 1050. The molecule has 0 aliphatic carbocycles. The Labute approximate surface area is 148 Å². The summed E-state index contributed by atoms with van der Waals surface area (Å²) in [6.45, 7) is 0.992. The van der Waals surface area contributed by atoms with Crippen LogP contribution in [0.15, 0.2) is 48.9 Å². The van der Waals surface area contributed by atoms with Crippen molar-refractivity contribution >= 4 is 5.97 Å². The van der Waals surface area contributed by atoms with Crippen molar-refractivity contribution in [1.82, 2.24) is 9.55 Å². The molecule has 0 bridgehead atoms. The molecular weight excluding hydrogens is 334 g/mol. The van der Waals surface area contributed by atoms with Crippen LogP contribution in [0.25, 0.3) is 16.9 Å².